The van der Waals surface area contributed by atoms with Crippen molar-refractivity contribution in [3.63, 3.8) is 0 Å². The molecule has 0 radical (unpaired) electrons. The summed E-state index contributed by atoms with van der Waals surface area (Å²) in [5, 5.41) is 18.6. The molecule has 9 nitrogen and oxygen atoms in total. The van der Waals surface area contributed by atoms with Crippen LogP contribution in [-0.4, -0.2) is 44.5 Å². The molecule has 0 aliphatic heterocycles. The first-order chi connectivity index (χ1) is 18.0. The average Bonchev–Trinajstić information content (AvgIpc) is 3.29. The molecule has 1 aromatic heterocycles. The number of nitrogens with zero attached hydrogens (tertiary/aromatic N) is 4. The molecule has 3 rings (SSSR count). The molecule has 0 bridgehead atoms. The number of benzene rings is 2. The Morgan fingerprint density at radius 1 is 1.13 bits per heavy atom. The van der Waals surface area contributed by atoms with Crippen molar-refractivity contribution in [2.24, 2.45) is 0 Å². The normalized spacial score (nSPS) is 11.5. The van der Waals surface area contributed by atoms with Gasteiger partial charge in [0.25, 0.3) is 5.69 Å². The second-order valence-electron chi connectivity index (χ2n) is 10.2. The monoisotopic (exact) mass is 517 g/mol. The first-order valence-corrected chi connectivity index (χ1v) is 12.7. The fraction of sp³-hybridized carbons (Fsp3) is 0.345. The molecule has 200 valence electrons. The van der Waals surface area contributed by atoms with Gasteiger partial charge in [-0.2, -0.15) is 5.10 Å². The fourth-order valence-electron chi connectivity index (χ4n) is 3.77. The van der Waals surface area contributed by atoms with Crippen molar-refractivity contribution in [2.75, 3.05) is 18.4 Å². The number of nitro groups is 1. The third-order valence-electron chi connectivity index (χ3n) is 6.04. The maximum Gasteiger partial charge on any atom is 0.269 e. The zero-order valence-electron chi connectivity index (χ0n) is 22.6. The summed E-state index contributed by atoms with van der Waals surface area (Å²) in [4.78, 5) is 38.0. The van der Waals surface area contributed by atoms with Crippen molar-refractivity contribution in [3.8, 4) is 5.69 Å². The Bertz CT molecular complexity index is 1320. The number of rotatable bonds is 10. The molecule has 9 heteroatoms. The maximum atomic E-state index is 13.2. The number of hydrogen-bond donors (Lipinski definition) is 1. The molecule has 2 aromatic carbocycles. The van der Waals surface area contributed by atoms with E-state index in [2.05, 4.69) is 26.1 Å². The van der Waals surface area contributed by atoms with Crippen LogP contribution in [0.15, 0.2) is 60.7 Å². The summed E-state index contributed by atoms with van der Waals surface area (Å²) < 4.78 is 1.74. The highest BCUT2D eigenvalue weighted by Gasteiger charge is 2.23. The van der Waals surface area contributed by atoms with Crippen LogP contribution < -0.4 is 5.32 Å². The van der Waals surface area contributed by atoms with Gasteiger partial charge in [-0.25, -0.2) is 4.68 Å². The van der Waals surface area contributed by atoms with Crippen molar-refractivity contribution >= 4 is 29.4 Å². The van der Waals surface area contributed by atoms with E-state index < -0.39 is 4.92 Å². The number of nitro benzene ring substituents is 1. The van der Waals surface area contributed by atoms with Crippen molar-refractivity contribution in [1.82, 2.24) is 14.7 Å². The number of amides is 2. The largest absolute Gasteiger partial charge is 0.330 e. The van der Waals surface area contributed by atoms with E-state index in [0.29, 0.717) is 17.9 Å². The molecule has 38 heavy (non-hydrogen) atoms. The first kappa shape index (κ1) is 28.3. The summed E-state index contributed by atoms with van der Waals surface area (Å²) in [7, 11) is 0. The van der Waals surface area contributed by atoms with E-state index in [1.807, 2.05) is 44.2 Å². The van der Waals surface area contributed by atoms with E-state index >= 15 is 0 Å². The van der Waals surface area contributed by atoms with E-state index in [1.165, 1.54) is 23.1 Å². The quantitative estimate of drug-likeness (QED) is 0.212. The minimum atomic E-state index is -0.473. The average molecular weight is 518 g/mol. The van der Waals surface area contributed by atoms with Crippen molar-refractivity contribution in [2.45, 2.75) is 52.9 Å². The Kier molecular flexibility index (Phi) is 9.17. The molecule has 3 aromatic rings. The minimum Gasteiger partial charge on any atom is -0.330 e. The number of unbranched alkanes of at least 4 members (excludes halogenated alkanes) is 1. The number of anilines is 1. The van der Waals surface area contributed by atoms with Crippen molar-refractivity contribution in [1.29, 1.82) is 0 Å². The molecular formula is C29H35N5O4. The highest BCUT2D eigenvalue weighted by molar-refractivity contribution is 5.98. The summed E-state index contributed by atoms with van der Waals surface area (Å²) in [5.41, 5.74) is 3.13. The van der Waals surface area contributed by atoms with E-state index in [1.54, 1.807) is 22.9 Å². The van der Waals surface area contributed by atoms with Crippen LogP contribution in [0.4, 0.5) is 11.5 Å². The molecule has 0 saturated heterocycles. The molecule has 0 saturated carbocycles. The Labute approximate surface area is 223 Å². The molecular weight excluding hydrogens is 482 g/mol. The predicted molar refractivity (Wildman–Crippen MR) is 149 cm³/mol. The highest BCUT2D eigenvalue weighted by atomic mass is 16.6. The molecule has 0 fully saturated rings. The topological polar surface area (TPSA) is 110 Å². The van der Waals surface area contributed by atoms with Crippen LogP contribution in [0.1, 0.15) is 57.4 Å². The van der Waals surface area contributed by atoms with E-state index in [0.717, 1.165) is 29.8 Å². The Balaban J connectivity index is 1.79. The van der Waals surface area contributed by atoms with Crippen LogP contribution in [-0.2, 0) is 15.0 Å². The van der Waals surface area contributed by atoms with Crippen LogP contribution in [0.25, 0.3) is 11.8 Å². The lowest BCUT2D eigenvalue weighted by molar-refractivity contribution is -0.384. The number of para-hydroxylation sites is 1. The lowest BCUT2D eigenvalue weighted by Gasteiger charge is -2.21. The van der Waals surface area contributed by atoms with Crippen LogP contribution in [0.3, 0.4) is 0 Å². The standard InChI is InChI=1S/C29H35N5O4/c1-6-7-18-32(28(36)17-14-22-12-15-23(16-13-22)34(37)38)20-27(35)30-26-19-25(29(3,4)5)31-33(26)24-11-9-8-10-21(24)2/h8-17,19H,6-7,18,20H2,1-5H3,(H,30,35)/b17-14+. The molecule has 0 atom stereocenters. The zero-order valence-corrected chi connectivity index (χ0v) is 22.6. The molecule has 2 amide bonds. The molecule has 0 unspecified atom stereocenters. The predicted octanol–water partition coefficient (Wildman–Crippen LogP) is 5.67. The summed E-state index contributed by atoms with van der Waals surface area (Å²) >= 11 is 0. The third-order valence-corrected chi connectivity index (χ3v) is 6.04. The molecule has 0 spiro atoms. The van der Waals surface area contributed by atoms with Gasteiger partial charge in [0, 0.05) is 36.2 Å². The Morgan fingerprint density at radius 3 is 2.42 bits per heavy atom. The summed E-state index contributed by atoms with van der Waals surface area (Å²) in [5.74, 6) is -0.0957. The second-order valence-corrected chi connectivity index (χ2v) is 10.2. The number of aromatic nitrogens is 2. The van der Waals surface area contributed by atoms with Crippen LogP contribution >= 0.6 is 0 Å². The summed E-state index contributed by atoms with van der Waals surface area (Å²) in [6.45, 7) is 10.5. The number of aryl methyl sites for hydroxylation is 1. The van der Waals surface area contributed by atoms with E-state index in [4.69, 9.17) is 5.10 Å². The zero-order chi connectivity index (χ0) is 27.9. The van der Waals surface area contributed by atoms with Gasteiger partial charge in [-0.05, 0) is 48.7 Å². The van der Waals surface area contributed by atoms with Gasteiger partial charge >= 0.3 is 0 Å². The van der Waals surface area contributed by atoms with Gasteiger partial charge in [-0.3, -0.25) is 19.7 Å². The number of nitrogens with one attached hydrogen (secondary N) is 1. The molecule has 0 aliphatic rings. The van der Waals surface area contributed by atoms with Crippen LogP contribution in [0, 0.1) is 17.0 Å². The Morgan fingerprint density at radius 2 is 1.82 bits per heavy atom. The van der Waals surface area contributed by atoms with E-state index in [9.17, 15) is 19.7 Å². The van der Waals surface area contributed by atoms with Gasteiger partial charge in [0.05, 0.1) is 16.3 Å². The number of hydrogen-bond acceptors (Lipinski definition) is 5. The van der Waals surface area contributed by atoms with Crippen molar-refractivity contribution in [3.05, 3.63) is 87.6 Å². The maximum absolute atomic E-state index is 13.2. The summed E-state index contributed by atoms with van der Waals surface area (Å²) in [6.07, 6.45) is 4.59. The van der Waals surface area contributed by atoms with Gasteiger partial charge in [-0.15, -0.1) is 0 Å². The second kappa shape index (κ2) is 12.3. The molecule has 0 aliphatic carbocycles. The lowest BCUT2D eigenvalue weighted by Crippen LogP contribution is -2.38. The van der Waals surface area contributed by atoms with Gasteiger partial charge in [0.15, 0.2) is 0 Å². The van der Waals surface area contributed by atoms with Gasteiger partial charge in [0.1, 0.15) is 12.4 Å². The highest BCUT2D eigenvalue weighted by Crippen LogP contribution is 2.27. The third kappa shape index (κ3) is 7.38. The SMILES string of the molecule is CCCCN(CC(=O)Nc1cc(C(C)(C)C)nn1-c1ccccc1C)C(=O)/C=C/c1ccc([N+](=O)[O-])cc1. The van der Waals surface area contributed by atoms with Crippen LogP contribution in [0.2, 0.25) is 0 Å². The minimum absolute atomic E-state index is 0.0192. The van der Waals surface area contributed by atoms with Gasteiger partial charge in [0.2, 0.25) is 11.8 Å². The fourth-order valence-corrected chi connectivity index (χ4v) is 3.77. The molecule has 1 heterocycles. The summed E-state index contributed by atoms with van der Waals surface area (Å²) in [6, 6.07) is 15.6. The Hall–Kier alpha value is -4.27. The van der Waals surface area contributed by atoms with Gasteiger partial charge < -0.3 is 10.2 Å². The first-order valence-electron chi connectivity index (χ1n) is 12.7. The van der Waals surface area contributed by atoms with Crippen molar-refractivity contribution < 1.29 is 14.5 Å². The number of carbonyl (C=O) groups excluding carboxylic acids is 2. The van der Waals surface area contributed by atoms with Crippen LogP contribution in [0.5, 0.6) is 0 Å². The number of non-ortho nitro benzene ring substituents is 1. The smallest absolute Gasteiger partial charge is 0.269 e. The van der Waals surface area contributed by atoms with E-state index in [-0.39, 0.29) is 29.5 Å². The number of carbonyl (C=O) groups is 2. The lowest BCUT2D eigenvalue weighted by atomic mass is 9.92. The molecule has 1 N–H and O–H groups in total. The van der Waals surface area contributed by atoms with Gasteiger partial charge in [-0.1, -0.05) is 52.3 Å².